The van der Waals surface area contributed by atoms with Gasteiger partial charge in [-0.2, -0.15) is 0 Å². The van der Waals surface area contributed by atoms with Gasteiger partial charge in [0.15, 0.2) is 75.9 Å². The Balaban J connectivity index is 0.000000771. The van der Waals surface area contributed by atoms with Gasteiger partial charge in [0, 0.05) is 6.08 Å². The van der Waals surface area contributed by atoms with Gasteiger partial charge < -0.3 is 0 Å². The lowest BCUT2D eigenvalue weighted by Crippen LogP contribution is -2.81. The molecule has 274 valence electrons. The van der Waals surface area contributed by atoms with E-state index in [9.17, 15) is 52.7 Å². The minimum Gasteiger partial charge on any atom is -0.207 e. The average Bonchev–Trinajstić information content (AvgIpc) is 3.45. The Bertz CT molecular complexity index is 1830. The van der Waals surface area contributed by atoms with E-state index in [0.717, 1.165) is 6.42 Å². The molecule has 0 fully saturated rings. The molecule has 0 nitrogen and oxygen atoms in total. The molecule has 0 aromatic heterocycles. The highest BCUT2D eigenvalue weighted by Gasteiger charge is 2.52. The first-order valence-electron chi connectivity index (χ1n) is 13.3. The van der Waals surface area contributed by atoms with Crippen LogP contribution in [-0.4, -0.2) is 6.15 Å². The molecule has 0 N–H and O–H groups in total. The number of allylic oxidation sites excluding steroid dienone is 6. The minimum absolute atomic E-state index is 0.951. The van der Waals surface area contributed by atoms with E-state index in [1.807, 2.05) is 24.3 Å². The van der Waals surface area contributed by atoms with Gasteiger partial charge >= 0.3 is 0 Å². The molecule has 0 atom stereocenters. The van der Waals surface area contributed by atoms with Crippen molar-refractivity contribution in [2.45, 2.75) is 6.42 Å². The first-order chi connectivity index (χ1) is 24.2. The average molecular weight is 770 g/mol. The van der Waals surface area contributed by atoms with Gasteiger partial charge in [0.05, 0.1) is 12.2 Å². The van der Waals surface area contributed by atoms with Crippen molar-refractivity contribution in [3.63, 3.8) is 0 Å². The lowest BCUT2D eigenvalue weighted by Gasteiger charge is -2.44. The van der Waals surface area contributed by atoms with Crippen LogP contribution in [0.25, 0.3) is 0 Å². The largest absolute Gasteiger partial charge is 0.207 e. The third kappa shape index (κ3) is 5.76. The maximum absolute atomic E-state index is 15.4. The molecule has 0 saturated heterocycles. The molecule has 52 heavy (non-hydrogen) atoms. The van der Waals surface area contributed by atoms with Gasteiger partial charge in [-0.1, -0.05) is 6.08 Å². The summed E-state index contributed by atoms with van der Waals surface area (Å²) in [5, 5.41) is 0. The molecule has 0 bridgehead atoms. The van der Waals surface area contributed by atoms with Crippen LogP contribution < -0.4 is 21.9 Å². The van der Waals surface area contributed by atoms with Gasteiger partial charge in [-0.25, -0.2) is 87.8 Å². The van der Waals surface area contributed by atoms with Gasteiger partial charge in [-0.15, -0.1) is 21.9 Å². The Hall–Kier alpha value is -5.33. The van der Waals surface area contributed by atoms with Gasteiger partial charge in [0.1, 0.15) is 59.1 Å². The van der Waals surface area contributed by atoms with Crippen molar-refractivity contribution >= 4 is 28.0 Å². The summed E-state index contributed by atoms with van der Waals surface area (Å²) in [6.07, 6.45) is 6.78. The first-order valence-corrected chi connectivity index (χ1v) is 13.3. The van der Waals surface area contributed by atoms with Crippen LogP contribution in [0.3, 0.4) is 0 Å². The van der Waals surface area contributed by atoms with Gasteiger partial charge in [0.2, 0.25) is 0 Å². The van der Waals surface area contributed by atoms with E-state index in [-0.39, 0.29) is 0 Å². The van der Waals surface area contributed by atoms with Crippen molar-refractivity contribution < 1.29 is 87.8 Å². The quantitative estimate of drug-likeness (QED) is 0.0657. The second-order valence-electron chi connectivity index (χ2n) is 10.2. The Labute approximate surface area is 275 Å². The van der Waals surface area contributed by atoms with Crippen LogP contribution >= 0.6 is 0 Å². The molecule has 0 aliphatic heterocycles. The van der Waals surface area contributed by atoms with Crippen LogP contribution in [0.15, 0.2) is 30.4 Å². The van der Waals surface area contributed by atoms with E-state index in [0.29, 0.717) is 0 Å². The van der Waals surface area contributed by atoms with Crippen molar-refractivity contribution in [2.75, 3.05) is 0 Å². The van der Waals surface area contributed by atoms with Crippen molar-refractivity contribution in [1.29, 1.82) is 0 Å². The molecule has 1 aliphatic rings. The highest BCUT2D eigenvalue weighted by Crippen LogP contribution is 2.30. The van der Waals surface area contributed by atoms with Gasteiger partial charge in [-0.05, 0) is 6.08 Å². The molecule has 0 heterocycles. The van der Waals surface area contributed by atoms with Crippen LogP contribution in [-0.2, 0) is 0 Å². The molecule has 0 radical (unpaired) electrons. The highest BCUT2D eigenvalue weighted by molar-refractivity contribution is 7.20. The summed E-state index contributed by atoms with van der Waals surface area (Å²) in [5.41, 5.74) is -14.3. The third-order valence-corrected chi connectivity index (χ3v) is 7.52. The van der Waals surface area contributed by atoms with E-state index in [2.05, 4.69) is 12.2 Å². The van der Waals surface area contributed by atoms with Crippen LogP contribution in [0.1, 0.15) is 6.42 Å². The summed E-state index contributed by atoms with van der Waals surface area (Å²) in [5.74, 6) is -71.4. The van der Waals surface area contributed by atoms with Crippen molar-refractivity contribution in [3.05, 3.63) is 153 Å². The topological polar surface area (TPSA) is 0 Å². The first kappa shape index (κ1) is 39.5. The van der Waals surface area contributed by atoms with Gasteiger partial charge in [-0.3, -0.25) is 0 Å². The van der Waals surface area contributed by atoms with E-state index in [1.54, 1.807) is 0 Å². The standard InChI is InChI=1S/C24BF20.C7H7/c26-5-1(6(27)14(35)21(42)13(5)34)25(2-7(28)15(36)22(43)16(37)8(2)29,3-9(30)17(38)23(44)18(39)10(3)31)4-11(32)19(40)24(45)20(41)12(4)33;1-2-4-6-7-5-3-1/h;1-5H,6H2/q-1;+1. The Morgan fingerprint density at radius 3 is 0.731 bits per heavy atom. The predicted molar refractivity (Wildman–Crippen MR) is 140 cm³/mol. The molecule has 0 spiro atoms. The van der Waals surface area contributed by atoms with Crippen molar-refractivity contribution in [3.8, 4) is 0 Å². The van der Waals surface area contributed by atoms with Crippen LogP contribution in [0.5, 0.6) is 0 Å². The number of halogens is 20. The zero-order valence-electron chi connectivity index (χ0n) is 24.2. The number of rotatable bonds is 4. The summed E-state index contributed by atoms with van der Waals surface area (Å²) in [6.45, 7) is 0. The van der Waals surface area contributed by atoms with Crippen molar-refractivity contribution in [2.24, 2.45) is 0 Å². The number of hydrogen-bond donors (Lipinski definition) is 0. The minimum atomic E-state index is -7.22. The molecule has 0 unspecified atom stereocenters. The highest BCUT2D eigenvalue weighted by atomic mass is 19.2. The Morgan fingerprint density at radius 1 is 0.288 bits per heavy atom. The molecule has 4 aromatic carbocycles. The molecule has 0 saturated carbocycles. The maximum atomic E-state index is 15.4. The lowest BCUT2D eigenvalue weighted by atomic mass is 9.12. The smallest absolute Gasteiger partial charge is 0.200 e. The third-order valence-electron chi connectivity index (χ3n) is 7.52. The van der Waals surface area contributed by atoms with E-state index in [4.69, 9.17) is 0 Å². The summed E-state index contributed by atoms with van der Waals surface area (Å²) in [6, 6.07) is 0. The Kier molecular flexibility index (Phi) is 10.9. The summed E-state index contributed by atoms with van der Waals surface area (Å²) in [4.78, 5) is 0. The second-order valence-corrected chi connectivity index (χ2v) is 10.2. The van der Waals surface area contributed by atoms with E-state index < -0.39 is 144 Å². The van der Waals surface area contributed by atoms with Crippen LogP contribution in [0.4, 0.5) is 87.8 Å². The molecular formula is C31H7BF20. The van der Waals surface area contributed by atoms with E-state index >= 15 is 35.1 Å². The number of hydrogen-bond acceptors (Lipinski definition) is 0. The molecule has 21 heteroatoms. The molecule has 5 rings (SSSR count). The van der Waals surface area contributed by atoms with Crippen LogP contribution in [0, 0.1) is 122 Å². The van der Waals surface area contributed by atoms with E-state index in [1.165, 1.54) is 0 Å². The molecule has 1 aliphatic carbocycles. The molecular weight excluding hydrogens is 763 g/mol. The predicted octanol–water partition coefficient (Wildman–Crippen LogP) is 7.71. The fraction of sp³-hybridized carbons (Fsp3) is 0.0323. The maximum Gasteiger partial charge on any atom is 0.200 e. The zero-order chi connectivity index (χ0) is 39.3. The number of benzene rings is 4. The second kappa shape index (κ2) is 14.4. The molecule has 0 amide bonds. The van der Waals surface area contributed by atoms with Crippen LogP contribution in [0.2, 0.25) is 0 Å². The fourth-order valence-corrected chi connectivity index (χ4v) is 5.34. The zero-order valence-corrected chi connectivity index (χ0v) is 24.2. The fourth-order valence-electron chi connectivity index (χ4n) is 5.34. The Morgan fingerprint density at radius 2 is 0.500 bits per heavy atom. The summed E-state index contributed by atoms with van der Waals surface area (Å²) < 4.78 is 294. The summed E-state index contributed by atoms with van der Waals surface area (Å²) in [7, 11) is 0. The van der Waals surface area contributed by atoms with Crippen molar-refractivity contribution in [1.82, 2.24) is 0 Å². The monoisotopic (exact) mass is 770 g/mol. The SMILES string of the molecule is Fc1c(F)c(F)c([B-](c2c(F)c(F)c(F)c(F)c2F)(c2c(F)c(F)c(F)c(F)c2F)c2c(F)c(F)c(F)c(F)c2F)c(F)c1F.[C+]1=CC=CC=CC1. The normalized spacial score (nSPS) is 12.5. The van der Waals surface area contributed by atoms with Gasteiger partial charge in [0.25, 0.3) is 0 Å². The summed E-state index contributed by atoms with van der Waals surface area (Å²) >= 11 is 0. The lowest BCUT2D eigenvalue weighted by molar-refractivity contribution is 0.378. The molecule has 4 aromatic rings.